The molecular weight excluding hydrogens is 462 g/mol. The minimum absolute atomic E-state index is 0.0339. The maximum atomic E-state index is 13.8. The van der Waals surface area contributed by atoms with Gasteiger partial charge in [0.25, 0.3) is 0 Å². The van der Waals surface area contributed by atoms with Crippen molar-refractivity contribution in [2.75, 3.05) is 13.7 Å². The molecule has 1 fully saturated rings. The first-order chi connectivity index (χ1) is 17.0. The second kappa shape index (κ2) is 8.47. The minimum atomic E-state index is -0.575. The highest BCUT2D eigenvalue weighted by Gasteiger charge is 2.48. The van der Waals surface area contributed by atoms with Gasteiger partial charge in [0.15, 0.2) is 0 Å². The summed E-state index contributed by atoms with van der Waals surface area (Å²) in [5.74, 6) is 0.618. The Bertz CT molecular complexity index is 1450. The van der Waals surface area contributed by atoms with Gasteiger partial charge >= 0.3 is 0 Å². The van der Waals surface area contributed by atoms with Gasteiger partial charge < -0.3 is 19.5 Å². The standard InChI is InChI=1S/C28H24ClN3O3/c1-35-20-6-4-5-17(13-20)15-31-16-25(33)32-24(28(31)34)14-22-21-7-2-3-8-23(21)30-26(22)27(32)18-9-11-19(29)12-10-18/h2-13,24,27,30H,14-16H2,1H3/t24-,27-/m1/s1. The molecule has 2 atom stereocenters. The molecule has 1 N–H and O–H groups in total. The van der Waals surface area contributed by atoms with Crippen LogP contribution in [0.25, 0.3) is 10.9 Å². The molecule has 0 radical (unpaired) electrons. The number of H-pyrrole nitrogens is 1. The Morgan fingerprint density at radius 1 is 1.03 bits per heavy atom. The van der Waals surface area contributed by atoms with E-state index in [1.165, 1.54) is 0 Å². The molecule has 2 amide bonds. The van der Waals surface area contributed by atoms with E-state index in [4.69, 9.17) is 16.3 Å². The van der Waals surface area contributed by atoms with Gasteiger partial charge in [-0.2, -0.15) is 0 Å². The maximum absolute atomic E-state index is 13.8. The molecule has 176 valence electrons. The van der Waals surface area contributed by atoms with Gasteiger partial charge in [0.05, 0.1) is 13.2 Å². The van der Waals surface area contributed by atoms with E-state index in [2.05, 4.69) is 11.1 Å². The summed E-state index contributed by atoms with van der Waals surface area (Å²) in [6.07, 6.45) is 0.475. The Morgan fingerprint density at radius 3 is 2.63 bits per heavy atom. The maximum Gasteiger partial charge on any atom is 0.246 e. The summed E-state index contributed by atoms with van der Waals surface area (Å²) >= 11 is 6.16. The van der Waals surface area contributed by atoms with Gasteiger partial charge in [-0.3, -0.25) is 9.59 Å². The molecule has 4 aromatic rings. The van der Waals surface area contributed by atoms with Crippen LogP contribution in [0.4, 0.5) is 0 Å². The summed E-state index contributed by atoms with van der Waals surface area (Å²) in [7, 11) is 1.62. The molecule has 2 aliphatic rings. The zero-order valence-electron chi connectivity index (χ0n) is 19.2. The van der Waals surface area contributed by atoms with Gasteiger partial charge in [-0.25, -0.2) is 0 Å². The molecule has 1 saturated heterocycles. The molecule has 3 aromatic carbocycles. The lowest BCUT2D eigenvalue weighted by Gasteiger charge is -2.47. The van der Waals surface area contributed by atoms with Crippen molar-refractivity contribution >= 4 is 34.3 Å². The van der Waals surface area contributed by atoms with Crippen LogP contribution in [0, 0.1) is 0 Å². The van der Waals surface area contributed by atoms with Gasteiger partial charge in [-0.05, 0) is 47.0 Å². The number of hydrogen-bond acceptors (Lipinski definition) is 3. The number of rotatable bonds is 4. The number of para-hydroxylation sites is 1. The van der Waals surface area contributed by atoms with Gasteiger partial charge in [-0.1, -0.05) is 54.1 Å². The van der Waals surface area contributed by atoms with E-state index in [0.29, 0.717) is 18.0 Å². The zero-order valence-corrected chi connectivity index (χ0v) is 20.0. The highest BCUT2D eigenvalue weighted by atomic mass is 35.5. The monoisotopic (exact) mass is 485 g/mol. The van der Waals surface area contributed by atoms with Crippen molar-refractivity contribution in [2.24, 2.45) is 0 Å². The third kappa shape index (κ3) is 3.65. The highest BCUT2D eigenvalue weighted by molar-refractivity contribution is 6.30. The lowest BCUT2D eigenvalue weighted by molar-refractivity contribution is -0.159. The summed E-state index contributed by atoms with van der Waals surface area (Å²) in [5.41, 5.74) is 4.91. The smallest absolute Gasteiger partial charge is 0.246 e. The first kappa shape index (κ1) is 21.7. The molecule has 0 bridgehead atoms. The summed E-state index contributed by atoms with van der Waals surface area (Å²) in [4.78, 5) is 34.5. The summed E-state index contributed by atoms with van der Waals surface area (Å²) in [5, 5.41) is 1.72. The lowest BCUT2D eigenvalue weighted by Crippen LogP contribution is -2.62. The van der Waals surface area contributed by atoms with Gasteiger partial charge in [0.2, 0.25) is 11.8 Å². The van der Waals surface area contributed by atoms with Crippen LogP contribution in [0.1, 0.15) is 28.4 Å². The van der Waals surface area contributed by atoms with E-state index in [1.807, 2.05) is 66.7 Å². The van der Waals surface area contributed by atoms with Crippen LogP contribution in [0.15, 0.2) is 72.8 Å². The number of amides is 2. The normalized spacial score (nSPS) is 19.6. The largest absolute Gasteiger partial charge is 0.497 e. The van der Waals surface area contributed by atoms with Gasteiger partial charge in [0, 0.05) is 34.6 Å². The number of nitrogens with zero attached hydrogens (tertiary/aromatic N) is 2. The number of nitrogens with one attached hydrogen (secondary N) is 1. The fourth-order valence-corrected chi connectivity index (χ4v) is 5.57. The Morgan fingerprint density at radius 2 is 1.83 bits per heavy atom. The van der Waals surface area contributed by atoms with E-state index >= 15 is 0 Å². The van der Waals surface area contributed by atoms with Crippen LogP contribution in [-0.2, 0) is 22.6 Å². The van der Waals surface area contributed by atoms with Crippen LogP contribution in [0.2, 0.25) is 5.02 Å². The van der Waals surface area contributed by atoms with E-state index < -0.39 is 6.04 Å². The van der Waals surface area contributed by atoms with Crippen molar-refractivity contribution in [2.45, 2.75) is 25.0 Å². The number of aromatic nitrogens is 1. The predicted molar refractivity (Wildman–Crippen MR) is 134 cm³/mol. The molecule has 7 heteroatoms. The molecule has 0 saturated carbocycles. The third-order valence-corrected chi connectivity index (χ3v) is 7.29. The van der Waals surface area contributed by atoms with E-state index in [9.17, 15) is 9.59 Å². The second-order valence-electron chi connectivity index (χ2n) is 9.08. The first-order valence-electron chi connectivity index (χ1n) is 11.6. The minimum Gasteiger partial charge on any atom is -0.497 e. The number of hydrogen-bond donors (Lipinski definition) is 1. The lowest BCUT2D eigenvalue weighted by atomic mass is 9.86. The fraction of sp³-hybridized carbons (Fsp3) is 0.214. The van der Waals surface area contributed by atoms with E-state index in [0.717, 1.165) is 39.0 Å². The SMILES string of the molecule is COc1cccc(CN2CC(=O)N3[C@H](c4ccc(Cl)cc4)c4[nH]c5ccccc5c4C[C@@H]3C2=O)c1. The van der Waals surface area contributed by atoms with E-state index in [-0.39, 0.29) is 24.4 Å². The van der Waals surface area contributed by atoms with Gasteiger partial charge in [-0.15, -0.1) is 0 Å². The van der Waals surface area contributed by atoms with Crippen LogP contribution >= 0.6 is 11.6 Å². The second-order valence-corrected chi connectivity index (χ2v) is 9.52. The number of ether oxygens (including phenoxy) is 1. The van der Waals surface area contributed by atoms with Crippen molar-refractivity contribution in [3.05, 3.63) is 100 Å². The topological polar surface area (TPSA) is 65.6 Å². The Balaban J connectivity index is 1.43. The first-order valence-corrected chi connectivity index (χ1v) is 12.0. The number of piperazine rings is 1. The van der Waals surface area contributed by atoms with Crippen molar-refractivity contribution < 1.29 is 14.3 Å². The average molecular weight is 486 g/mol. The molecule has 6 nitrogen and oxygen atoms in total. The number of benzene rings is 3. The van der Waals surface area contributed by atoms with Crippen LogP contribution in [-0.4, -0.2) is 46.3 Å². The Kier molecular flexibility index (Phi) is 5.26. The molecular formula is C28H24ClN3O3. The molecule has 3 heterocycles. The summed E-state index contributed by atoms with van der Waals surface area (Å²) in [6, 6.07) is 22.3. The van der Waals surface area contributed by atoms with Crippen LogP contribution in [0.5, 0.6) is 5.75 Å². The summed E-state index contributed by atoms with van der Waals surface area (Å²) in [6.45, 7) is 0.394. The average Bonchev–Trinajstić information content (AvgIpc) is 3.25. The summed E-state index contributed by atoms with van der Waals surface area (Å²) < 4.78 is 5.33. The van der Waals surface area contributed by atoms with Crippen molar-refractivity contribution in [3.8, 4) is 5.75 Å². The van der Waals surface area contributed by atoms with Crippen molar-refractivity contribution in [1.29, 1.82) is 0 Å². The van der Waals surface area contributed by atoms with Crippen LogP contribution in [0.3, 0.4) is 0 Å². The predicted octanol–water partition coefficient (Wildman–Crippen LogP) is 4.72. The molecule has 0 spiro atoms. The highest BCUT2D eigenvalue weighted by Crippen LogP contribution is 2.42. The number of aromatic amines is 1. The van der Waals surface area contributed by atoms with Gasteiger partial charge in [0.1, 0.15) is 18.3 Å². The Labute approximate surface area is 208 Å². The quantitative estimate of drug-likeness (QED) is 0.455. The molecule has 1 aromatic heterocycles. The van der Waals surface area contributed by atoms with Crippen molar-refractivity contribution in [1.82, 2.24) is 14.8 Å². The Hall–Kier alpha value is -3.77. The molecule has 2 aliphatic heterocycles. The van der Waals surface area contributed by atoms with Crippen LogP contribution < -0.4 is 4.74 Å². The number of halogens is 1. The number of carbonyl (C=O) groups is 2. The van der Waals surface area contributed by atoms with Crippen molar-refractivity contribution in [3.63, 3.8) is 0 Å². The molecule has 0 unspecified atom stereocenters. The molecule has 35 heavy (non-hydrogen) atoms. The third-order valence-electron chi connectivity index (χ3n) is 7.04. The fourth-order valence-electron chi connectivity index (χ4n) is 5.44. The zero-order chi connectivity index (χ0) is 24.1. The number of carbonyl (C=O) groups excluding carboxylic acids is 2. The number of methoxy groups -OCH3 is 1. The molecule has 0 aliphatic carbocycles. The molecule has 6 rings (SSSR count). The van der Waals surface area contributed by atoms with E-state index in [1.54, 1.807) is 16.9 Å². The number of fused-ring (bicyclic) bond motifs is 4.